The van der Waals surface area contributed by atoms with Crippen LogP contribution in [0, 0.1) is 17.3 Å². The van der Waals surface area contributed by atoms with Crippen molar-refractivity contribution in [1.82, 2.24) is 0 Å². The number of carbonyl (C=O) groups is 2. The molecule has 4 rings (SSSR count). The van der Waals surface area contributed by atoms with Gasteiger partial charge in [-0.05, 0) is 86.0 Å². The van der Waals surface area contributed by atoms with Crippen molar-refractivity contribution in [3.8, 4) is 5.75 Å². The molecule has 3 aliphatic carbocycles. The van der Waals surface area contributed by atoms with E-state index in [2.05, 4.69) is 19.1 Å². The van der Waals surface area contributed by atoms with Gasteiger partial charge in [0.25, 0.3) is 0 Å². The smallest absolute Gasteiger partial charge is 0.302 e. The molecule has 2 fully saturated rings. The highest BCUT2D eigenvalue weighted by Crippen LogP contribution is 2.61. The van der Waals surface area contributed by atoms with Crippen molar-refractivity contribution in [2.45, 2.75) is 84.2 Å². The van der Waals surface area contributed by atoms with Crippen molar-refractivity contribution in [3.05, 3.63) is 28.8 Å². The molecule has 4 heteroatoms. The zero-order valence-corrected chi connectivity index (χ0v) is 18.3. The van der Waals surface area contributed by atoms with Crippen LogP contribution >= 0.6 is 0 Å². The zero-order valence-electron chi connectivity index (χ0n) is 18.3. The fourth-order valence-corrected chi connectivity index (χ4v) is 6.69. The van der Waals surface area contributed by atoms with Gasteiger partial charge in [-0.1, -0.05) is 13.8 Å². The Morgan fingerprint density at radius 3 is 2.66 bits per heavy atom. The molecular weight excluding hydrogens is 364 g/mol. The quantitative estimate of drug-likeness (QED) is 0.488. The van der Waals surface area contributed by atoms with Gasteiger partial charge in [0.2, 0.25) is 0 Å². The van der Waals surface area contributed by atoms with Crippen molar-refractivity contribution < 1.29 is 19.1 Å². The predicted octanol–water partition coefficient (Wildman–Crippen LogP) is 5.47. The van der Waals surface area contributed by atoms with E-state index in [1.165, 1.54) is 24.5 Å². The summed E-state index contributed by atoms with van der Waals surface area (Å²) in [6.07, 6.45) is 8.01. The second-order valence-electron chi connectivity index (χ2n) is 9.56. The average Bonchev–Trinajstić information content (AvgIpc) is 3.02. The summed E-state index contributed by atoms with van der Waals surface area (Å²) in [6.45, 7) is 5.91. The van der Waals surface area contributed by atoms with Gasteiger partial charge in [0, 0.05) is 18.8 Å². The molecule has 3 aliphatic rings. The lowest BCUT2D eigenvalue weighted by Gasteiger charge is -2.50. The third-order valence-corrected chi connectivity index (χ3v) is 8.04. The first-order valence-electron chi connectivity index (χ1n) is 11.3. The molecule has 4 nitrogen and oxygen atoms in total. The van der Waals surface area contributed by atoms with Crippen LogP contribution in [0.5, 0.6) is 5.75 Å². The maximum atomic E-state index is 12.7. The van der Waals surface area contributed by atoms with Crippen molar-refractivity contribution in [2.24, 2.45) is 17.3 Å². The highest BCUT2D eigenvalue weighted by Gasteiger charge is 2.56. The molecule has 0 amide bonds. The van der Waals surface area contributed by atoms with Crippen molar-refractivity contribution in [1.29, 1.82) is 0 Å². The first-order valence-corrected chi connectivity index (χ1v) is 11.3. The van der Waals surface area contributed by atoms with Crippen LogP contribution in [-0.4, -0.2) is 25.0 Å². The number of Topliss-reactive ketones (excluding diaryl/α,β-unsaturated/α-hetero) is 1. The van der Waals surface area contributed by atoms with Crippen LogP contribution in [0.25, 0.3) is 0 Å². The van der Waals surface area contributed by atoms with Crippen molar-refractivity contribution >= 4 is 11.8 Å². The summed E-state index contributed by atoms with van der Waals surface area (Å²) in [5.74, 6) is 2.48. The lowest BCUT2D eigenvalue weighted by molar-refractivity contribution is -0.154. The molecular formula is C25H34O4. The molecule has 0 N–H and O–H groups in total. The number of ketones is 1. The molecule has 158 valence electrons. The Kier molecular flexibility index (Phi) is 5.48. The highest BCUT2D eigenvalue weighted by atomic mass is 16.5. The molecule has 29 heavy (non-hydrogen) atoms. The van der Waals surface area contributed by atoms with Crippen LogP contribution < -0.4 is 4.74 Å². The maximum Gasteiger partial charge on any atom is 0.302 e. The van der Waals surface area contributed by atoms with Gasteiger partial charge in [0.1, 0.15) is 11.9 Å². The summed E-state index contributed by atoms with van der Waals surface area (Å²) in [6, 6.07) is 4.28. The number of fused-ring (bicyclic) bond motifs is 5. The Balaban J connectivity index is 1.66. The maximum absolute atomic E-state index is 12.7. The molecule has 0 bridgehead atoms. The normalized spacial score (nSPS) is 32.7. The number of hydrogen-bond acceptors (Lipinski definition) is 4. The number of carbonyl (C=O) groups excluding carboxylic acids is 2. The van der Waals surface area contributed by atoms with Crippen LogP contribution in [0.4, 0.5) is 0 Å². The number of methoxy groups -OCH3 is 1. The lowest BCUT2D eigenvalue weighted by Crippen LogP contribution is -2.45. The average molecular weight is 399 g/mol. The van der Waals surface area contributed by atoms with Gasteiger partial charge in [-0.25, -0.2) is 0 Å². The third kappa shape index (κ3) is 3.39. The van der Waals surface area contributed by atoms with Crippen LogP contribution in [0.2, 0.25) is 0 Å². The number of ether oxygens (including phenoxy) is 2. The minimum atomic E-state index is -0.154. The number of esters is 1. The Hall–Kier alpha value is -1.84. The molecule has 0 heterocycles. The van der Waals surface area contributed by atoms with Crippen molar-refractivity contribution in [2.75, 3.05) is 7.11 Å². The van der Waals surface area contributed by atoms with Gasteiger partial charge in [-0.15, -0.1) is 0 Å². The molecule has 1 aromatic carbocycles. The van der Waals surface area contributed by atoms with E-state index in [4.69, 9.17) is 9.47 Å². The topological polar surface area (TPSA) is 52.6 Å². The van der Waals surface area contributed by atoms with Crippen LogP contribution in [0.3, 0.4) is 0 Å². The van der Waals surface area contributed by atoms with Gasteiger partial charge in [-0.2, -0.15) is 0 Å². The summed E-state index contributed by atoms with van der Waals surface area (Å²) in [7, 11) is 1.66. The second-order valence-corrected chi connectivity index (χ2v) is 9.56. The Bertz CT molecular complexity index is 813. The second kappa shape index (κ2) is 7.77. The van der Waals surface area contributed by atoms with E-state index < -0.39 is 0 Å². The first kappa shape index (κ1) is 20.4. The lowest BCUT2D eigenvalue weighted by atomic mass is 9.55. The van der Waals surface area contributed by atoms with E-state index in [0.29, 0.717) is 24.2 Å². The summed E-state index contributed by atoms with van der Waals surface area (Å²) in [4.78, 5) is 24.3. The zero-order chi connectivity index (χ0) is 20.8. The van der Waals surface area contributed by atoms with E-state index in [9.17, 15) is 9.59 Å². The van der Waals surface area contributed by atoms with E-state index >= 15 is 0 Å². The van der Waals surface area contributed by atoms with Crippen LogP contribution in [-0.2, 0) is 16.0 Å². The minimum Gasteiger partial charge on any atom is -0.496 e. The number of aryl methyl sites for hydroxylation is 1. The molecule has 0 radical (unpaired) electrons. The highest BCUT2D eigenvalue weighted by molar-refractivity contribution is 5.99. The van der Waals surface area contributed by atoms with Gasteiger partial charge in [0.15, 0.2) is 5.78 Å². The largest absolute Gasteiger partial charge is 0.496 e. The van der Waals surface area contributed by atoms with Gasteiger partial charge in [-0.3, -0.25) is 9.59 Å². The minimum absolute atomic E-state index is 0.0601. The van der Waals surface area contributed by atoms with Crippen LogP contribution in [0.15, 0.2) is 12.1 Å². The standard InChI is InChI=1S/C25H34O4/c1-5-6-22(27)20-14-19-16(13-23(20)28-4)7-8-18-17(19)11-12-25(3)21(18)9-10-24(25)29-15(2)26/h13-14,17-18,21,24H,5-12H2,1-4H3/t17-,18+,21-,24-,25-/m0/s1. The molecule has 0 spiro atoms. The monoisotopic (exact) mass is 398 g/mol. The van der Waals surface area contributed by atoms with Gasteiger partial charge in [0.05, 0.1) is 12.7 Å². The van der Waals surface area contributed by atoms with E-state index in [1.54, 1.807) is 7.11 Å². The van der Waals surface area contributed by atoms with E-state index in [0.717, 1.165) is 49.8 Å². The van der Waals surface area contributed by atoms with Gasteiger partial charge < -0.3 is 9.47 Å². The molecule has 0 unspecified atom stereocenters. The molecule has 0 aliphatic heterocycles. The predicted molar refractivity (Wildman–Crippen MR) is 112 cm³/mol. The molecule has 0 aromatic heterocycles. The summed E-state index contributed by atoms with van der Waals surface area (Å²) in [5.41, 5.74) is 3.58. The summed E-state index contributed by atoms with van der Waals surface area (Å²) in [5, 5.41) is 0. The fourth-order valence-electron chi connectivity index (χ4n) is 6.69. The molecule has 1 aromatic rings. The van der Waals surface area contributed by atoms with Crippen LogP contribution in [0.1, 0.15) is 93.1 Å². The number of rotatable bonds is 5. The summed E-state index contributed by atoms with van der Waals surface area (Å²) < 4.78 is 11.3. The first-order chi connectivity index (χ1) is 13.9. The SMILES string of the molecule is CCCC(=O)c1cc2c(cc1OC)CC[C@@H]1[C@@H]2CC[C@]2(C)[C@@H](OC(C)=O)CC[C@@H]12. The van der Waals surface area contributed by atoms with E-state index in [1.807, 2.05) is 6.92 Å². The Morgan fingerprint density at radius 1 is 1.17 bits per heavy atom. The Morgan fingerprint density at radius 2 is 1.97 bits per heavy atom. The molecule has 0 saturated heterocycles. The molecule has 5 atom stereocenters. The van der Waals surface area contributed by atoms with Crippen molar-refractivity contribution in [3.63, 3.8) is 0 Å². The molecule has 2 saturated carbocycles. The number of hydrogen-bond donors (Lipinski definition) is 0. The van der Waals surface area contributed by atoms with E-state index in [-0.39, 0.29) is 23.3 Å². The fraction of sp³-hybridized carbons (Fsp3) is 0.680. The summed E-state index contributed by atoms with van der Waals surface area (Å²) >= 11 is 0. The third-order valence-electron chi connectivity index (χ3n) is 8.04. The Labute approximate surface area is 174 Å². The number of benzene rings is 1. The van der Waals surface area contributed by atoms with Gasteiger partial charge >= 0.3 is 5.97 Å².